The van der Waals surface area contributed by atoms with E-state index in [0.717, 1.165) is 4.31 Å². The van der Waals surface area contributed by atoms with Gasteiger partial charge in [0, 0.05) is 20.1 Å². The van der Waals surface area contributed by atoms with Crippen LogP contribution in [-0.4, -0.2) is 60.5 Å². The van der Waals surface area contributed by atoms with Crippen LogP contribution in [0.15, 0.2) is 0 Å². The highest BCUT2D eigenvalue weighted by atomic mass is 32.2. The molecule has 106 valence electrons. The summed E-state index contributed by atoms with van der Waals surface area (Å²) in [5, 5.41) is -0.970. The molecular weight excluding hydrogens is 274 g/mol. The van der Waals surface area contributed by atoms with Crippen LogP contribution in [0.3, 0.4) is 0 Å². The van der Waals surface area contributed by atoms with E-state index in [2.05, 4.69) is 12.2 Å². The molecule has 2 N–H and O–H groups in total. The van der Waals surface area contributed by atoms with Gasteiger partial charge in [-0.25, -0.2) is 8.42 Å². The van der Waals surface area contributed by atoms with E-state index in [1.165, 1.54) is 14.0 Å². The Balaban J connectivity index is 4.82. The highest BCUT2D eigenvalue weighted by molar-refractivity contribution is 7.92. The molecule has 0 aromatic rings. The molecule has 18 heavy (non-hydrogen) atoms. The van der Waals surface area contributed by atoms with Gasteiger partial charge in [-0.3, -0.25) is 4.79 Å². The second-order valence-electron chi connectivity index (χ2n) is 3.91. The summed E-state index contributed by atoms with van der Waals surface area (Å²) in [5.74, 6) is -0.235. The molecule has 0 aliphatic rings. The van der Waals surface area contributed by atoms with Crippen LogP contribution in [0.1, 0.15) is 20.8 Å². The van der Waals surface area contributed by atoms with Crippen molar-refractivity contribution in [3.63, 3.8) is 0 Å². The molecule has 1 unspecified atom stereocenters. The maximum absolute atomic E-state index is 12.0. The first-order valence-corrected chi connectivity index (χ1v) is 7.61. The Bertz CT molecular complexity index is 405. The summed E-state index contributed by atoms with van der Waals surface area (Å²) in [4.78, 5) is 13.3. The number of carbonyl (C=O) groups excluding carboxylic acids is 1. The Labute approximate surface area is 114 Å². The van der Waals surface area contributed by atoms with Crippen molar-refractivity contribution in [2.45, 2.75) is 26.0 Å². The van der Waals surface area contributed by atoms with Gasteiger partial charge in [-0.1, -0.05) is 12.2 Å². The van der Waals surface area contributed by atoms with Gasteiger partial charge < -0.3 is 10.6 Å². The van der Waals surface area contributed by atoms with Crippen molar-refractivity contribution >= 4 is 33.1 Å². The van der Waals surface area contributed by atoms with Gasteiger partial charge in [0.25, 0.3) is 0 Å². The summed E-state index contributed by atoms with van der Waals surface area (Å²) in [6, 6.07) is 0. The Morgan fingerprint density at radius 2 is 1.78 bits per heavy atom. The average Bonchev–Trinajstić information content (AvgIpc) is 2.29. The topological polar surface area (TPSA) is 83.7 Å². The molecule has 0 rings (SSSR count). The number of likely N-dealkylation sites (N-methyl/N-ethyl adjacent to an activating group) is 2. The van der Waals surface area contributed by atoms with Gasteiger partial charge in [-0.15, -0.1) is 0 Å². The van der Waals surface area contributed by atoms with Crippen LogP contribution in [0, 0.1) is 0 Å². The number of carbonyl (C=O) groups is 1. The third-order valence-corrected chi connectivity index (χ3v) is 5.40. The minimum atomic E-state index is -3.66. The molecular formula is C10H21N3O3S2. The van der Waals surface area contributed by atoms with Crippen molar-refractivity contribution in [2.75, 3.05) is 26.7 Å². The first-order valence-electron chi connectivity index (χ1n) is 5.70. The van der Waals surface area contributed by atoms with Crippen LogP contribution in [0.5, 0.6) is 0 Å². The highest BCUT2D eigenvalue weighted by Gasteiger charge is 2.29. The van der Waals surface area contributed by atoms with E-state index in [4.69, 9.17) is 5.73 Å². The fourth-order valence-electron chi connectivity index (χ4n) is 1.37. The van der Waals surface area contributed by atoms with Gasteiger partial charge >= 0.3 is 0 Å². The minimum absolute atomic E-state index is 0.0999. The maximum atomic E-state index is 12.0. The van der Waals surface area contributed by atoms with Gasteiger partial charge in [-0.05, 0) is 20.8 Å². The molecule has 0 saturated heterocycles. The Morgan fingerprint density at radius 1 is 1.33 bits per heavy atom. The number of thiocarbonyl (C=S) groups is 1. The van der Waals surface area contributed by atoms with Crippen LogP contribution in [0.4, 0.5) is 0 Å². The van der Waals surface area contributed by atoms with E-state index in [1.54, 1.807) is 4.90 Å². The number of hydrogen-bond donors (Lipinski definition) is 1. The van der Waals surface area contributed by atoms with E-state index in [-0.39, 0.29) is 17.4 Å². The summed E-state index contributed by atoms with van der Waals surface area (Å²) in [7, 11) is -2.31. The number of nitrogens with two attached hydrogens (primary N) is 1. The molecule has 0 aliphatic carbocycles. The minimum Gasteiger partial charge on any atom is -0.392 e. The lowest BCUT2D eigenvalue weighted by molar-refractivity contribution is -0.130. The van der Waals surface area contributed by atoms with E-state index < -0.39 is 15.3 Å². The van der Waals surface area contributed by atoms with E-state index in [0.29, 0.717) is 13.1 Å². The molecule has 0 bridgehead atoms. The summed E-state index contributed by atoms with van der Waals surface area (Å²) in [6.45, 7) is 6.00. The van der Waals surface area contributed by atoms with Crippen molar-refractivity contribution in [3.8, 4) is 0 Å². The van der Waals surface area contributed by atoms with Gasteiger partial charge in [0.1, 0.15) is 5.25 Å². The predicted molar refractivity (Wildman–Crippen MR) is 75.7 cm³/mol. The van der Waals surface area contributed by atoms with Crippen LogP contribution >= 0.6 is 12.2 Å². The van der Waals surface area contributed by atoms with Crippen molar-refractivity contribution in [1.82, 2.24) is 9.21 Å². The van der Waals surface area contributed by atoms with Gasteiger partial charge in [-0.2, -0.15) is 4.31 Å². The fraction of sp³-hybridized carbons (Fsp3) is 0.800. The lowest BCUT2D eigenvalue weighted by Gasteiger charge is -2.24. The molecule has 1 amide bonds. The molecule has 8 heteroatoms. The third kappa shape index (κ3) is 4.18. The lowest BCUT2D eigenvalue weighted by atomic mass is 10.4. The first kappa shape index (κ1) is 17.3. The van der Waals surface area contributed by atoms with Crippen LogP contribution < -0.4 is 5.73 Å². The normalized spacial score (nSPS) is 13.4. The monoisotopic (exact) mass is 295 g/mol. The molecule has 0 radical (unpaired) electrons. The summed E-state index contributed by atoms with van der Waals surface area (Å²) in [5.41, 5.74) is 5.33. The standard InChI is InChI=1S/C10H21N3O3S2/c1-5-13(6-2)9(14)7-12(4)18(15,16)8(3)10(11)17/h8H,5-7H2,1-4H3,(H2,11,17). The van der Waals surface area contributed by atoms with Crippen molar-refractivity contribution in [2.24, 2.45) is 5.73 Å². The number of rotatable bonds is 7. The van der Waals surface area contributed by atoms with Crippen molar-refractivity contribution in [3.05, 3.63) is 0 Å². The molecule has 0 aliphatic heterocycles. The Hall–Kier alpha value is -0.730. The number of hydrogen-bond acceptors (Lipinski definition) is 4. The number of nitrogens with zero attached hydrogens (tertiary/aromatic N) is 2. The summed E-state index contributed by atoms with van der Waals surface area (Å²) < 4.78 is 25.0. The van der Waals surface area contributed by atoms with Crippen LogP contribution in [-0.2, 0) is 14.8 Å². The SMILES string of the molecule is CCN(CC)C(=O)CN(C)S(=O)(=O)C(C)C(N)=S. The third-order valence-electron chi connectivity index (χ3n) is 2.76. The second-order valence-corrected chi connectivity index (χ2v) is 6.74. The zero-order chi connectivity index (χ0) is 14.5. The molecule has 1 atom stereocenters. The second kappa shape index (κ2) is 7.01. The van der Waals surface area contributed by atoms with E-state index >= 15 is 0 Å². The molecule has 0 aromatic carbocycles. The molecule has 0 spiro atoms. The summed E-state index contributed by atoms with van der Waals surface area (Å²) >= 11 is 4.67. The highest BCUT2D eigenvalue weighted by Crippen LogP contribution is 2.07. The molecule has 0 fully saturated rings. The first-order chi connectivity index (χ1) is 8.18. The van der Waals surface area contributed by atoms with E-state index in [1.807, 2.05) is 13.8 Å². The number of amides is 1. The smallest absolute Gasteiger partial charge is 0.237 e. The predicted octanol–water partition coefficient (Wildman–Crippen LogP) is -0.209. The lowest BCUT2D eigenvalue weighted by Crippen LogP contribution is -2.46. The molecule has 0 saturated carbocycles. The van der Waals surface area contributed by atoms with Crippen molar-refractivity contribution in [1.29, 1.82) is 0 Å². The number of sulfonamides is 1. The Kier molecular flexibility index (Phi) is 6.72. The molecule has 0 heterocycles. The van der Waals surface area contributed by atoms with Gasteiger partial charge in [0.2, 0.25) is 15.9 Å². The fourth-order valence-corrected chi connectivity index (χ4v) is 2.86. The van der Waals surface area contributed by atoms with Crippen LogP contribution in [0.25, 0.3) is 0 Å². The zero-order valence-electron chi connectivity index (χ0n) is 11.2. The Morgan fingerprint density at radius 3 is 2.11 bits per heavy atom. The summed E-state index contributed by atoms with van der Waals surface area (Å²) in [6.07, 6.45) is 0. The zero-order valence-corrected chi connectivity index (χ0v) is 12.8. The van der Waals surface area contributed by atoms with Gasteiger partial charge in [0.15, 0.2) is 0 Å². The quantitative estimate of drug-likeness (QED) is 0.657. The van der Waals surface area contributed by atoms with Crippen molar-refractivity contribution < 1.29 is 13.2 Å². The van der Waals surface area contributed by atoms with E-state index in [9.17, 15) is 13.2 Å². The average molecular weight is 295 g/mol. The van der Waals surface area contributed by atoms with Gasteiger partial charge in [0.05, 0.1) is 11.5 Å². The largest absolute Gasteiger partial charge is 0.392 e. The van der Waals surface area contributed by atoms with Crippen LogP contribution in [0.2, 0.25) is 0 Å². The maximum Gasteiger partial charge on any atom is 0.237 e. The molecule has 6 nitrogen and oxygen atoms in total. The molecule has 0 aromatic heterocycles.